The molecule has 5 rings (SSSR count). The molecule has 3 heterocycles. The zero-order valence-corrected chi connectivity index (χ0v) is 23.4. The van der Waals surface area contributed by atoms with E-state index in [1.165, 1.54) is 42.3 Å². The molecule has 0 aliphatic carbocycles. The van der Waals surface area contributed by atoms with Crippen LogP contribution in [0.15, 0.2) is 52.2 Å². The monoisotopic (exact) mass is 622 g/mol. The van der Waals surface area contributed by atoms with E-state index in [2.05, 4.69) is 40.9 Å². The van der Waals surface area contributed by atoms with Gasteiger partial charge in [0.25, 0.3) is 11.6 Å². The summed E-state index contributed by atoms with van der Waals surface area (Å²) in [7, 11) is 1.47. The number of nitrogens with one attached hydrogen (secondary N) is 1. The van der Waals surface area contributed by atoms with Gasteiger partial charge in [-0.25, -0.2) is 10.1 Å². The Morgan fingerprint density at radius 1 is 1.18 bits per heavy atom. The Morgan fingerprint density at radius 2 is 1.93 bits per heavy atom. The maximum absolute atomic E-state index is 13.2. The summed E-state index contributed by atoms with van der Waals surface area (Å²) in [4.78, 5) is 34.3. The van der Waals surface area contributed by atoms with Crippen LogP contribution >= 0.6 is 11.6 Å². The van der Waals surface area contributed by atoms with Crippen molar-refractivity contribution in [3.63, 3.8) is 0 Å². The minimum Gasteiger partial charge on any atom is -0.496 e. The highest BCUT2D eigenvalue weighted by Gasteiger charge is 2.26. The number of nitrogens with two attached hydrogens (primary N) is 1. The van der Waals surface area contributed by atoms with Crippen molar-refractivity contribution in [1.82, 2.24) is 40.5 Å². The summed E-state index contributed by atoms with van der Waals surface area (Å²) < 4.78 is 12.5. The molecular formula is C24H19ClN12O7. The number of nitrogen functional groups attached to an aromatic ring is 1. The lowest BCUT2D eigenvalue weighted by molar-refractivity contribution is -0.389. The van der Waals surface area contributed by atoms with Crippen LogP contribution in [-0.4, -0.2) is 64.2 Å². The van der Waals surface area contributed by atoms with E-state index in [0.717, 1.165) is 4.68 Å². The van der Waals surface area contributed by atoms with Crippen LogP contribution in [0.1, 0.15) is 27.3 Å². The van der Waals surface area contributed by atoms with Gasteiger partial charge in [-0.05, 0) is 58.1 Å². The van der Waals surface area contributed by atoms with E-state index in [1.54, 1.807) is 25.1 Å². The van der Waals surface area contributed by atoms with Crippen LogP contribution in [0.4, 0.5) is 17.3 Å². The highest BCUT2D eigenvalue weighted by Crippen LogP contribution is 2.30. The lowest BCUT2D eigenvalue weighted by atomic mass is 10.1. The topological polar surface area (TPSA) is 250 Å². The number of nitro benzene ring substituents is 1. The number of nitro groups is 2. The molecule has 20 heteroatoms. The number of halogens is 1. The highest BCUT2D eigenvalue weighted by atomic mass is 35.5. The van der Waals surface area contributed by atoms with E-state index in [9.17, 15) is 25.0 Å². The standard InChI is InChI=1S/C24H19ClN12O7/c1-12-18(25)22(37(41)42)30-34(12)11-15-9-13(3-8-17(15)43-2)10-27-29-24(38)19-20(14-4-6-16(7-5-14)36(39)40)35(33-28-19)23-21(26)31-44-32-23/h3-10H,11H2,1-2H3,(H2,26,31)(H,29,38). The van der Waals surface area contributed by atoms with E-state index in [0.29, 0.717) is 28.1 Å². The quantitative estimate of drug-likeness (QED) is 0.129. The molecule has 0 unspecified atom stereocenters. The second-order valence-corrected chi connectivity index (χ2v) is 9.26. The number of ether oxygens (including phenoxy) is 1. The zero-order chi connectivity index (χ0) is 31.5. The maximum Gasteiger partial charge on any atom is 0.408 e. The van der Waals surface area contributed by atoms with Gasteiger partial charge in [0, 0.05) is 23.3 Å². The second-order valence-electron chi connectivity index (χ2n) is 8.88. The van der Waals surface area contributed by atoms with Gasteiger partial charge in [-0.1, -0.05) is 16.8 Å². The molecule has 0 saturated carbocycles. The zero-order valence-electron chi connectivity index (χ0n) is 22.6. The number of anilines is 1. The van der Waals surface area contributed by atoms with Gasteiger partial charge in [0.1, 0.15) is 11.4 Å². The number of non-ortho nitro benzene ring substituents is 1. The van der Waals surface area contributed by atoms with Crippen LogP contribution in [0, 0.1) is 27.2 Å². The summed E-state index contributed by atoms with van der Waals surface area (Å²) in [5.41, 5.74) is 9.73. The highest BCUT2D eigenvalue weighted by molar-refractivity contribution is 6.33. The lowest BCUT2D eigenvalue weighted by Crippen LogP contribution is -2.19. The van der Waals surface area contributed by atoms with Crippen LogP contribution in [0.5, 0.6) is 5.75 Å². The first-order valence-electron chi connectivity index (χ1n) is 12.3. The number of amides is 1. The number of rotatable bonds is 10. The number of benzene rings is 2. The average molecular weight is 623 g/mol. The van der Waals surface area contributed by atoms with Gasteiger partial charge >= 0.3 is 5.82 Å². The number of carbonyl (C=O) groups is 1. The number of hydrogen-bond donors (Lipinski definition) is 2. The minimum absolute atomic E-state index is 0.0572. The molecular weight excluding hydrogens is 604 g/mol. The first-order chi connectivity index (χ1) is 21.1. The fourth-order valence-corrected chi connectivity index (χ4v) is 4.29. The van der Waals surface area contributed by atoms with Gasteiger partial charge in [-0.3, -0.25) is 14.9 Å². The van der Waals surface area contributed by atoms with Gasteiger partial charge in [0.2, 0.25) is 11.6 Å². The normalized spacial score (nSPS) is 11.2. The third kappa shape index (κ3) is 5.61. The van der Waals surface area contributed by atoms with Gasteiger partial charge in [-0.2, -0.15) is 14.5 Å². The molecule has 1 amide bonds. The first-order valence-corrected chi connectivity index (χ1v) is 12.6. The predicted octanol–water partition coefficient (Wildman–Crippen LogP) is 2.70. The second kappa shape index (κ2) is 11.9. The molecule has 5 aromatic rings. The predicted molar refractivity (Wildman–Crippen MR) is 152 cm³/mol. The van der Waals surface area contributed by atoms with Crippen LogP contribution in [0.2, 0.25) is 5.02 Å². The van der Waals surface area contributed by atoms with E-state index in [4.69, 9.17) is 22.1 Å². The Bertz CT molecular complexity index is 1930. The fourth-order valence-electron chi connectivity index (χ4n) is 4.08. The van der Waals surface area contributed by atoms with Crippen LogP contribution in [-0.2, 0) is 6.54 Å². The van der Waals surface area contributed by atoms with Crippen LogP contribution in [0.25, 0.3) is 17.1 Å². The van der Waals surface area contributed by atoms with Crippen molar-refractivity contribution in [3.05, 3.63) is 90.2 Å². The Kier molecular flexibility index (Phi) is 7.94. The van der Waals surface area contributed by atoms with E-state index < -0.39 is 21.6 Å². The van der Waals surface area contributed by atoms with Crippen molar-refractivity contribution in [2.24, 2.45) is 5.10 Å². The largest absolute Gasteiger partial charge is 0.496 e. The van der Waals surface area contributed by atoms with E-state index >= 15 is 0 Å². The Morgan fingerprint density at radius 3 is 2.55 bits per heavy atom. The molecule has 0 bridgehead atoms. The van der Waals surface area contributed by atoms with Gasteiger partial charge in [-0.15, -0.1) is 5.10 Å². The van der Waals surface area contributed by atoms with Gasteiger partial charge < -0.3 is 20.6 Å². The summed E-state index contributed by atoms with van der Waals surface area (Å²) in [6, 6.07) is 10.3. The number of carbonyl (C=O) groups excluding carboxylic acids is 1. The average Bonchev–Trinajstić information content (AvgIpc) is 3.71. The molecule has 0 aliphatic rings. The summed E-state index contributed by atoms with van der Waals surface area (Å²) >= 11 is 6.06. The van der Waals surface area contributed by atoms with Crippen LogP contribution < -0.4 is 15.9 Å². The molecule has 0 atom stereocenters. The van der Waals surface area contributed by atoms with Crippen molar-refractivity contribution in [1.29, 1.82) is 0 Å². The van der Waals surface area contributed by atoms with Crippen LogP contribution in [0.3, 0.4) is 0 Å². The van der Waals surface area contributed by atoms with Gasteiger partial charge in [0.15, 0.2) is 10.7 Å². The van der Waals surface area contributed by atoms with Crippen molar-refractivity contribution < 1.29 is 24.0 Å². The van der Waals surface area contributed by atoms with Crippen molar-refractivity contribution in [3.8, 4) is 22.8 Å². The molecule has 3 N–H and O–H groups in total. The summed E-state index contributed by atoms with van der Waals surface area (Å²) in [5, 5.41) is 45.3. The minimum atomic E-state index is -0.779. The summed E-state index contributed by atoms with van der Waals surface area (Å²) in [6.45, 7) is 1.70. The number of hydrogen-bond acceptors (Lipinski definition) is 14. The SMILES string of the molecule is COc1ccc(C=NNC(=O)c2nnn(-c3nonc3N)c2-c2ccc([N+](=O)[O-])cc2)cc1Cn1nc([N+](=O)[O-])c(Cl)c1C. The molecule has 19 nitrogen and oxygen atoms in total. The van der Waals surface area contributed by atoms with Gasteiger partial charge in [0.05, 0.1) is 35.6 Å². The van der Waals surface area contributed by atoms with Crippen molar-refractivity contribution >= 4 is 41.0 Å². The molecule has 0 spiro atoms. The van der Waals surface area contributed by atoms with E-state index in [1.807, 2.05) is 0 Å². The number of methoxy groups -OCH3 is 1. The fraction of sp³-hybridized carbons (Fsp3) is 0.125. The Hall–Kier alpha value is -6.24. The third-order valence-corrected chi connectivity index (χ3v) is 6.67. The summed E-state index contributed by atoms with van der Waals surface area (Å²) in [5.74, 6) is -0.959. The molecule has 0 saturated heterocycles. The summed E-state index contributed by atoms with van der Waals surface area (Å²) in [6.07, 6.45) is 1.35. The molecule has 0 radical (unpaired) electrons. The van der Waals surface area contributed by atoms with Crippen molar-refractivity contribution in [2.75, 3.05) is 12.8 Å². The number of aromatic nitrogens is 7. The lowest BCUT2D eigenvalue weighted by Gasteiger charge is -2.09. The third-order valence-electron chi connectivity index (χ3n) is 6.23. The molecule has 224 valence electrons. The van der Waals surface area contributed by atoms with E-state index in [-0.39, 0.29) is 40.3 Å². The first kappa shape index (κ1) is 29.3. The smallest absolute Gasteiger partial charge is 0.408 e. The molecule has 0 aliphatic heterocycles. The Balaban J connectivity index is 1.41. The molecule has 2 aromatic carbocycles. The molecule has 3 aromatic heterocycles. The Labute approximate surface area is 250 Å². The van der Waals surface area contributed by atoms with Crippen molar-refractivity contribution in [2.45, 2.75) is 13.5 Å². The number of nitrogens with zero attached hydrogens (tertiary/aromatic N) is 10. The molecule has 44 heavy (non-hydrogen) atoms. The number of hydrazone groups is 1. The maximum atomic E-state index is 13.2. The molecule has 0 fully saturated rings.